The Kier molecular flexibility index (Phi) is 3.63. The van der Waals surface area contributed by atoms with E-state index in [1.54, 1.807) is 6.92 Å². The normalized spacial score (nSPS) is 26.4. The third-order valence-corrected chi connectivity index (χ3v) is 6.64. The van der Waals surface area contributed by atoms with Crippen molar-refractivity contribution in [3.8, 4) is 0 Å². The minimum absolute atomic E-state index is 0.00904. The van der Waals surface area contributed by atoms with Gasteiger partial charge in [0.1, 0.15) is 10.0 Å². The second kappa shape index (κ2) is 4.69. The fourth-order valence-electron chi connectivity index (χ4n) is 2.00. The second-order valence-corrected chi connectivity index (χ2v) is 9.08. The molecule has 0 bridgehead atoms. The van der Waals surface area contributed by atoms with Gasteiger partial charge in [-0.25, -0.2) is 26.5 Å². The molecule has 1 unspecified atom stereocenters. The molecule has 1 saturated heterocycles. The average Bonchev–Trinajstić information content (AvgIpc) is 2.52. The van der Waals surface area contributed by atoms with E-state index in [1.165, 1.54) is 12.1 Å². The average molecular weight is 325 g/mol. The van der Waals surface area contributed by atoms with E-state index in [-0.39, 0.29) is 28.0 Å². The topological polar surface area (TPSA) is 93.2 Å². The zero-order chi connectivity index (χ0) is 14.3. The molecule has 0 saturated carbocycles. The lowest BCUT2D eigenvalue weighted by molar-refractivity contribution is 0.461. The van der Waals surface area contributed by atoms with E-state index in [0.717, 1.165) is 6.20 Å². The molecule has 0 aromatic carbocycles. The van der Waals surface area contributed by atoms with Crippen molar-refractivity contribution >= 4 is 31.5 Å². The molecule has 0 aliphatic carbocycles. The van der Waals surface area contributed by atoms with E-state index >= 15 is 0 Å². The summed E-state index contributed by atoms with van der Waals surface area (Å²) in [6, 6.07) is 2.69. The van der Waals surface area contributed by atoms with Crippen LogP contribution in [0.4, 0.5) is 0 Å². The van der Waals surface area contributed by atoms with Gasteiger partial charge in [-0.3, -0.25) is 0 Å². The standard InChI is InChI=1S/C10H13ClN2O4S2/c1-10(4-5-18(14,15)7-10)13-19(16,17)8-2-3-9(11)12-6-8/h2-3,6,13H,4-5,7H2,1H3. The number of nitrogens with zero attached hydrogens (tertiary/aromatic N) is 1. The lowest BCUT2D eigenvalue weighted by Gasteiger charge is -2.23. The minimum Gasteiger partial charge on any atom is -0.243 e. The maximum absolute atomic E-state index is 12.1. The molecule has 0 spiro atoms. The van der Waals surface area contributed by atoms with Gasteiger partial charge >= 0.3 is 0 Å². The summed E-state index contributed by atoms with van der Waals surface area (Å²) in [5.74, 6) is -0.203. The maximum atomic E-state index is 12.1. The summed E-state index contributed by atoms with van der Waals surface area (Å²) < 4.78 is 49.6. The number of rotatable bonds is 3. The van der Waals surface area contributed by atoms with Gasteiger partial charge in [0.15, 0.2) is 9.84 Å². The second-order valence-electron chi connectivity index (χ2n) is 4.82. The largest absolute Gasteiger partial charge is 0.243 e. The van der Waals surface area contributed by atoms with Gasteiger partial charge in [-0.05, 0) is 25.5 Å². The van der Waals surface area contributed by atoms with Crippen LogP contribution in [-0.2, 0) is 19.9 Å². The van der Waals surface area contributed by atoms with Gasteiger partial charge in [-0.1, -0.05) is 11.6 Å². The van der Waals surface area contributed by atoms with Crippen LogP contribution in [0.15, 0.2) is 23.2 Å². The maximum Gasteiger partial charge on any atom is 0.242 e. The fraction of sp³-hybridized carbons (Fsp3) is 0.500. The summed E-state index contributed by atoms with van der Waals surface area (Å²) in [6.07, 6.45) is 1.40. The molecule has 0 amide bonds. The number of halogens is 1. The molecule has 2 heterocycles. The van der Waals surface area contributed by atoms with Gasteiger partial charge in [-0.15, -0.1) is 0 Å². The molecule has 1 fully saturated rings. The highest BCUT2D eigenvalue weighted by atomic mass is 35.5. The predicted octanol–water partition coefficient (Wildman–Crippen LogP) is 0.591. The number of hydrogen-bond donors (Lipinski definition) is 1. The summed E-state index contributed by atoms with van der Waals surface area (Å²) in [6.45, 7) is 1.58. The van der Waals surface area contributed by atoms with Gasteiger partial charge in [0.2, 0.25) is 10.0 Å². The molecule has 1 N–H and O–H groups in total. The molecular formula is C10H13ClN2O4S2. The van der Waals surface area contributed by atoms with Crippen LogP contribution < -0.4 is 4.72 Å². The van der Waals surface area contributed by atoms with Crippen LogP contribution in [0.5, 0.6) is 0 Å². The minimum atomic E-state index is -3.80. The summed E-state index contributed by atoms with van der Waals surface area (Å²) in [5, 5.41) is 0.189. The fourth-order valence-corrected chi connectivity index (χ4v) is 5.67. The molecule has 1 aliphatic heterocycles. The van der Waals surface area contributed by atoms with Crippen LogP contribution in [0.1, 0.15) is 13.3 Å². The van der Waals surface area contributed by atoms with Crippen molar-refractivity contribution in [3.63, 3.8) is 0 Å². The third-order valence-electron chi connectivity index (χ3n) is 2.89. The van der Waals surface area contributed by atoms with Crippen LogP contribution in [0.3, 0.4) is 0 Å². The van der Waals surface area contributed by atoms with E-state index in [2.05, 4.69) is 9.71 Å². The van der Waals surface area contributed by atoms with Crippen molar-refractivity contribution in [1.29, 1.82) is 0 Å². The van der Waals surface area contributed by atoms with Gasteiger partial charge in [0, 0.05) is 11.7 Å². The Morgan fingerprint density at radius 3 is 2.58 bits per heavy atom. The molecule has 9 heteroatoms. The number of sulfonamides is 1. The van der Waals surface area contributed by atoms with Crippen molar-refractivity contribution < 1.29 is 16.8 Å². The smallest absolute Gasteiger partial charge is 0.242 e. The molecule has 6 nitrogen and oxygen atoms in total. The highest BCUT2D eigenvalue weighted by molar-refractivity contribution is 7.92. The third kappa shape index (κ3) is 3.44. The number of pyridine rings is 1. The predicted molar refractivity (Wildman–Crippen MR) is 71.2 cm³/mol. The molecular weight excluding hydrogens is 312 g/mol. The Morgan fingerprint density at radius 2 is 2.11 bits per heavy atom. The highest BCUT2D eigenvalue weighted by Gasteiger charge is 2.41. The van der Waals surface area contributed by atoms with Crippen molar-refractivity contribution in [3.05, 3.63) is 23.5 Å². The Hall–Kier alpha value is -0.700. The first-order valence-corrected chi connectivity index (χ1v) is 9.16. The zero-order valence-corrected chi connectivity index (χ0v) is 12.5. The summed E-state index contributed by atoms with van der Waals surface area (Å²) in [5.41, 5.74) is -0.975. The highest BCUT2D eigenvalue weighted by Crippen LogP contribution is 2.25. The molecule has 2 rings (SSSR count). The van der Waals surface area contributed by atoms with Crippen LogP contribution in [0, 0.1) is 0 Å². The van der Waals surface area contributed by atoms with Crippen molar-refractivity contribution in [2.45, 2.75) is 23.8 Å². The molecule has 1 aromatic heterocycles. The monoisotopic (exact) mass is 324 g/mol. The number of hydrogen-bond acceptors (Lipinski definition) is 5. The van der Waals surface area contributed by atoms with Crippen LogP contribution in [0.25, 0.3) is 0 Å². The number of nitrogens with one attached hydrogen (secondary N) is 1. The lowest BCUT2D eigenvalue weighted by atomic mass is 10.0. The van der Waals surface area contributed by atoms with E-state index in [0.29, 0.717) is 0 Å². The van der Waals surface area contributed by atoms with Crippen LogP contribution >= 0.6 is 11.6 Å². The van der Waals surface area contributed by atoms with Gasteiger partial charge in [0.05, 0.1) is 11.5 Å². The quantitative estimate of drug-likeness (QED) is 0.821. The van der Waals surface area contributed by atoms with E-state index in [9.17, 15) is 16.8 Å². The van der Waals surface area contributed by atoms with Crippen LogP contribution in [-0.4, -0.2) is 38.9 Å². The Labute approximate surface area is 117 Å². The number of sulfone groups is 1. The van der Waals surface area contributed by atoms with Crippen molar-refractivity contribution in [2.24, 2.45) is 0 Å². The molecule has 1 atom stereocenters. The van der Waals surface area contributed by atoms with Gasteiger partial charge in [0.25, 0.3) is 0 Å². The first-order valence-electron chi connectivity index (χ1n) is 5.48. The lowest BCUT2D eigenvalue weighted by Crippen LogP contribution is -2.46. The SMILES string of the molecule is CC1(NS(=O)(=O)c2ccc(Cl)nc2)CCS(=O)(=O)C1. The molecule has 1 aliphatic rings. The Balaban J connectivity index is 2.25. The van der Waals surface area contributed by atoms with E-state index in [4.69, 9.17) is 11.6 Å². The van der Waals surface area contributed by atoms with Crippen molar-refractivity contribution in [1.82, 2.24) is 9.71 Å². The van der Waals surface area contributed by atoms with E-state index in [1.807, 2.05) is 0 Å². The first kappa shape index (κ1) is 14.7. The summed E-state index contributed by atoms with van der Waals surface area (Å²) in [7, 11) is -6.98. The molecule has 1 aromatic rings. The van der Waals surface area contributed by atoms with Gasteiger partial charge < -0.3 is 0 Å². The van der Waals surface area contributed by atoms with Crippen molar-refractivity contribution in [2.75, 3.05) is 11.5 Å². The Bertz CT molecular complexity index is 685. The van der Waals surface area contributed by atoms with Gasteiger partial charge in [-0.2, -0.15) is 0 Å². The molecule has 0 radical (unpaired) electrons. The van der Waals surface area contributed by atoms with Crippen LogP contribution in [0.2, 0.25) is 5.15 Å². The summed E-state index contributed by atoms with van der Waals surface area (Å²) >= 11 is 5.59. The van der Waals surface area contributed by atoms with E-state index < -0.39 is 25.4 Å². The Morgan fingerprint density at radius 1 is 1.42 bits per heavy atom. The first-order chi connectivity index (χ1) is 8.62. The molecule has 106 valence electrons. The number of aromatic nitrogens is 1. The summed E-state index contributed by atoms with van der Waals surface area (Å²) in [4.78, 5) is 3.66. The molecule has 19 heavy (non-hydrogen) atoms. The zero-order valence-electron chi connectivity index (χ0n) is 10.1.